The van der Waals surface area contributed by atoms with E-state index in [1.165, 1.54) is 19.9 Å². The molecule has 0 aromatic heterocycles. The van der Waals surface area contributed by atoms with Crippen LogP contribution in [0.5, 0.6) is 11.5 Å². The van der Waals surface area contributed by atoms with E-state index in [1.807, 2.05) is 13.8 Å². The van der Waals surface area contributed by atoms with Crippen molar-refractivity contribution in [3.8, 4) is 11.5 Å². The first-order chi connectivity index (χ1) is 8.73. The smallest absolute Gasteiger partial charge is 0.163 e. The number of phenolic OH excluding ortho intramolecular Hbond substituents is 1. The van der Waals surface area contributed by atoms with E-state index in [0.717, 1.165) is 6.42 Å². The predicted molar refractivity (Wildman–Crippen MR) is 71.1 cm³/mol. The average molecular weight is 262 g/mol. The molecule has 0 bridgehead atoms. The fourth-order valence-corrected chi connectivity index (χ4v) is 2.34. The van der Waals surface area contributed by atoms with Crippen molar-refractivity contribution in [2.75, 3.05) is 0 Å². The van der Waals surface area contributed by atoms with E-state index in [2.05, 4.69) is 0 Å². The topological polar surface area (TPSA) is 63.6 Å². The van der Waals surface area contributed by atoms with Crippen molar-refractivity contribution in [3.05, 3.63) is 22.8 Å². The molecule has 0 amide bonds. The Kier molecular flexibility index (Phi) is 3.12. The molecule has 1 N–H and O–H groups in total. The summed E-state index contributed by atoms with van der Waals surface area (Å²) in [5.74, 6) is -0.0571. The lowest BCUT2D eigenvalue weighted by molar-refractivity contribution is 0.0800. The Balaban J connectivity index is 2.71. The van der Waals surface area contributed by atoms with Crippen LogP contribution in [0.3, 0.4) is 0 Å². The number of hydrogen-bond acceptors (Lipinski definition) is 4. The number of carbonyl (C=O) groups is 2. The van der Waals surface area contributed by atoms with Gasteiger partial charge in [0.1, 0.15) is 17.1 Å². The lowest BCUT2D eigenvalue weighted by Gasteiger charge is -2.34. The van der Waals surface area contributed by atoms with Gasteiger partial charge in [0.25, 0.3) is 0 Å². The van der Waals surface area contributed by atoms with E-state index in [4.69, 9.17) is 4.74 Å². The van der Waals surface area contributed by atoms with Crippen LogP contribution in [0.25, 0.3) is 0 Å². The molecule has 1 aliphatic heterocycles. The molecule has 102 valence electrons. The molecule has 0 spiro atoms. The number of carbonyl (C=O) groups excluding carboxylic acids is 2. The zero-order chi connectivity index (χ0) is 14.4. The highest BCUT2D eigenvalue weighted by Gasteiger charge is 2.32. The minimum atomic E-state index is -0.374. The normalized spacial score (nSPS) is 16.4. The van der Waals surface area contributed by atoms with Crippen LogP contribution < -0.4 is 4.74 Å². The maximum Gasteiger partial charge on any atom is 0.163 e. The van der Waals surface area contributed by atoms with Gasteiger partial charge in [-0.25, -0.2) is 0 Å². The predicted octanol–water partition coefficient (Wildman–Crippen LogP) is 2.90. The zero-order valence-electron chi connectivity index (χ0n) is 11.7. The van der Waals surface area contributed by atoms with E-state index in [9.17, 15) is 14.7 Å². The van der Waals surface area contributed by atoms with Crippen LogP contribution in [-0.4, -0.2) is 22.3 Å². The van der Waals surface area contributed by atoms with Gasteiger partial charge in [0, 0.05) is 5.56 Å². The molecule has 1 aromatic carbocycles. The maximum absolute atomic E-state index is 11.7. The lowest BCUT2D eigenvalue weighted by Crippen LogP contribution is -2.33. The summed E-state index contributed by atoms with van der Waals surface area (Å²) in [6.45, 7) is 6.69. The Morgan fingerprint density at radius 1 is 1.21 bits per heavy atom. The Hall–Kier alpha value is -1.84. The fraction of sp³-hybridized carbons (Fsp3) is 0.467. The van der Waals surface area contributed by atoms with Gasteiger partial charge in [0.2, 0.25) is 0 Å². The van der Waals surface area contributed by atoms with Gasteiger partial charge in [-0.15, -0.1) is 0 Å². The Labute approximate surface area is 112 Å². The maximum atomic E-state index is 11.7. The minimum absolute atomic E-state index is 0.0528. The van der Waals surface area contributed by atoms with Gasteiger partial charge in [-0.2, -0.15) is 0 Å². The number of fused-ring (bicyclic) bond motifs is 1. The fourth-order valence-electron chi connectivity index (χ4n) is 2.34. The highest BCUT2D eigenvalue weighted by molar-refractivity contribution is 6.04. The molecular weight excluding hydrogens is 244 g/mol. The van der Waals surface area contributed by atoms with Crippen molar-refractivity contribution in [2.24, 2.45) is 0 Å². The number of aromatic hydroxyl groups is 1. The van der Waals surface area contributed by atoms with Crippen LogP contribution in [0.1, 0.15) is 60.4 Å². The van der Waals surface area contributed by atoms with E-state index in [1.54, 1.807) is 0 Å². The second-order valence-electron chi connectivity index (χ2n) is 5.60. The van der Waals surface area contributed by atoms with Crippen LogP contribution in [-0.2, 0) is 6.42 Å². The quantitative estimate of drug-likeness (QED) is 0.832. The first-order valence-corrected chi connectivity index (χ1v) is 6.32. The molecule has 0 atom stereocenters. The summed E-state index contributed by atoms with van der Waals surface area (Å²) in [7, 11) is 0. The van der Waals surface area contributed by atoms with Crippen molar-refractivity contribution in [3.63, 3.8) is 0 Å². The zero-order valence-corrected chi connectivity index (χ0v) is 11.7. The van der Waals surface area contributed by atoms with Gasteiger partial charge in [-0.3, -0.25) is 9.59 Å². The number of benzene rings is 1. The second kappa shape index (κ2) is 4.37. The molecule has 4 nitrogen and oxygen atoms in total. The number of rotatable bonds is 2. The number of ether oxygens (including phenoxy) is 1. The molecule has 0 saturated heterocycles. The second-order valence-corrected chi connectivity index (χ2v) is 5.60. The van der Waals surface area contributed by atoms with E-state index < -0.39 is 0 Å². The molecule has 0 unspecified atom stereocenters. The van der Waals surface area contributed by atoms with Gasteiger partial charge in [0.15, 0.2) is 11.6 Å². The summed E-state index contributed by atoms with van der Waals surface area (Å²) < 4.78 is 5.84. The molecule has 1 aromatic rings. The van der Waals surface area contributed by atoms with Crippen LogP contribution in [0, 0.1) is 0 Å². The number of ketones is 2. The number of phenols is 1. The van der Waals surface area contributed by atoms with Crippen molar-refractivity contribution >= 4 is 11.6 Å². The third-order valence-corrected chi connectivity index (χ3v) is 3.46. The molecule has 0 aliphatic carbocycles. The van der Waals surface area contributed by atoms with Gasteiger partial charge >= 0.3 is 0 Å². The number of hydrogen-bond donors (Lipinski definition) is 1. The molecular formula is C15H18O4. The van der Waals surface area contributed by atoms with Crippen molar-refractivity contribution in [2.45, 2.75) is 46.1 Å². The molecule has 19 heavy (non-hydrogen) atoms. The van der Waals surface area contributed by atoms with E-state index in [-0.39, 0.29) is 28.5 Å². The summed E-state index contributed by atoms with van der Waals surface area (Å²) >= 11 is 0. The Bertz CT molecular complexity index is 570. The molecule has 0 saturated carbocycles. The van der Waals surface area contributed by atoms with Gasteiger partial charge in [-0.1, -0.05) is 0 Å². The third-order valence-electron chi connectivity index (χ3n) is 3.46. The van der Waals surface area contributed by atoms with Crippen LogP contribution in [0.15, 0.2) is 6.07 Å². The highest BCUT2D eigenvalue weighted by Crippen LogP contribution is 2.42. The largest absolute Gasteiger partial charge is 0.507 e. The molecule has 0 fully saturated rings. The van der Waals surface area contributed by atoms with Crippen LogP contribution in [0.2, 0.25) is 0 Å². The van der Waals surface area contributed by atoms with Crippen molar-refractivity contribution in [1.82, 2.24) is 0 Å². The van der Waals surface area contributed by atoms with Crippen molar-refractivity contribution < 1.29 is 19.4 Å². The van der Waals surface area contributed by atoms with Gasteiger partial charge < -0.3 is 9.84 Å². The van der Waals surface area contributed by atoms with Gasteiger partial charge in [0.05, 0.1) is 11.1 Å². The molecule has 0 radical (unpaired) electrons. The molecule has 4 heteroatoms. The summed E-state index contributed by atoms with van der Waals surface area (Å²) in [6, 6.07) is 1.43. The Morgan fingerprint density at radius 3 is 2.32 bits per heavy atom. The minimum Gasteiger partial charge on any atom is -0.507 e. The van der Waals surface area contributed by atoms with E-state index in [0.29, 0.717) is 23.3 Å². The van der Waals surface area contributed by atoms with Crippen molar-refractivity contribution in [1.29, 1.82) is 0 Å². The SMILES string of the molecule is CC(=O)c1cc(C(C)=O)c2c(c1O)CCC(C)(C)O2. The van der Waals surface area contributed by atoms with Crippen LogP contribution in [0.4, 0.5) is 0 Å². The summed E-state index contributed by atoms with van der Waals surface area (Å²) in [6.07, 6.45) is 1.32. The molecule has 2 rings (SSSR count). The lowest BCUT2D eigenvalue weighted by atomic mass is 9.89. The van der Waals surface area contributed by atoms with Crippen LogP contribution >= 0.6 is 0 Å². The first-order valence-electron chi connectivity index (χ1n) is 6.32. The van der Waals surface area contributed by atoms with Gasteiger partial charge in [-0.05, 0) is 46.6 Å². The number of Topliss-reactive ketones (excluding diaryl/α,β-unsaturated/α-hetero) is 2. The Morgan fingerprint density at radius 2 is 1.79 bits per heavy atom. The molecule has 1 aliphatic rings. The highest BCUT2D eigenvalue weighted by atomic mass is 16.5. The van der Waals surface area contributed by atoms with E-state index >= 15 is 0 Å². The monoisotopic (exact) mass is 262 g/mol. The summed E-state index contributed by atoms with van der Waals surface area (Å²) in [5.41, 5.74) is 0.747. The summed E-state index contributed by atoms with van der Waals surface area (Å²) in [5, 5.41) is 10.2. The first kappa shape index (κ1) is 13.6. The average Bonchev–Trinajstić information content (AvgIpc) is 2.26. The third kappa shape index (κ3) is 2.35. The molecule has 1 heterocycles. The summed E-state index contributed by atoms with van der Waals surface area (Å²) in [4.78, 5) is 23.3. The standard InChI is InChI=1S/C15H18O4/c1-8(16)11-7-12(9(2)17)14-10(13(11)18)5-6-15(3,4)19-14/h7,18H,5-6H2,1-4H3.